The molecule has 2 aliphatic carbocycles. The van der Waals surface area contributed by atoms with Gasteiger partial charge in [0.15, 0.2) is 0 Å². The van der Waals surface area contributed by atoms with Crippen molar-refractivity contribution in [1.82, 2.24) is 5.32 Å². The Labute approximate surface area is 113 Å². The molecule has 2 N–H and O–H groups in total. The second-order valence-corrected chi connectivity index (χ2v) is 5.71. The van der Waals surface area contributed by atoms with Crippen LogP contribution in [0.25, 0.3) is 0 Å². The lowest BCUT2D eigenvalue weighted by molar-refractivity contribution is -0.141. The van der Waals surface area contributed by atoms with Gasteiger partial charge in [0.1, 0.15) is 0 Å². The first kappa shape index (κ1) is 14.3. The number of ether oxygens (including phenoxy) is 1. The minimum Gasteiger partial charge on any atom is -0.481 e. The molecule has 0 aromatic carbocycles. The Bertz CT molecular complexity index is 327. The summed E-state index contributed by atoms with van der Waals surface area (Å²) in [6.45, 7) is 2.17. The molecule has 108 valence electrons. The van der Waals surface area contributed by atoms with Gasteiger partial charge in [0.25, 0.3) is 0 Å². The Hall–Kier alpha value is -1.10. The van der Waals surface area contributed by atoms with Gasteiger partial charge in [-0.15, -0.1) is 0 Å². The van der Waals surface area contributed by atoms with E-state index >= 15 is 0 Å². The van der Waals surface area contributed by atoms with E-state index in [9.17, 15) is 9.59 Å². The van der Waals surface area contributed by atoms with Gasteiger partial charge < -0.3 is 15.2 Å². The lowest BCUT2D eigenvalue weighted by Gasteiger charge is -2.10. The molecule has 2 saturated carbocycles. The molecule has 5 nitrogen and oxygen atoms in total. The van der Waals surface area contributed by atoms with E-state index in [1.165, 1.54) is 12.8 Å². The molecule has 2 unspecified atom stereocenters. The predicted molar refractivity (Wildman–Crippen MR) is 69.6 cm³/mol. The normalized spacial score (nSPS) is 26.3. The molecule has 2 rings (SSSR count). The number of nitrogens with one attached hydrogen (secondary N) is 1. The van der Waals surface area contributed by atoms with Crippen LogP contribution in [0.2, 0.25) is 0 Å². The van der Waals surface area contributed by atoms with Gasteiger partial charge in [0, 0.05) is 25.7 Å². The first-order valence-corrected chi connectivity index (χ1v) is 7.25. The van der Waals surface area contributed by atoms with Crippen LogP contribution in [0, 0.1) is 17.8 Å². The third-order valence-corrected chi connectivity index (χ3v) is 3.97. The van der Waals surface area contributed by atoms with Crippen LogP contribution < -0.4 is 5.32 Å². The van der Waals surface area contributed by atoms with Gasteiger partial charge in [0.2, 0.25) is 5.91 Å². The molecule has 0 spiro atoms. The highest BCUT2D eigenvalue weighted by atomic mass is 16.5. The van der Waals surface area contributed by atoms with Gasteiger partial charge in [-0.3, -0.25) is 9.59 Å². The second-order valence-electron chi connectivity index (χ2n) is 5.71. The molecule has 0 bridgehead atoms. The molecule has 0 heterocycles. The summed E-state index contributed by atoms with van der Waals surface area (Å²) in [6.07, 6.45) is 5.22. The van der Waals surface area contributed by atoms with Crippen molar-refractivity contribution in [1.29, 1.82) is 0 Å². The molecule has 0 aromatic heterocycles. The largest absolute Gasteiger partial charge is 0.481 e. The Kier molecular flexibility index (Phi) is 5.19. The molecule has 2 atom stereocenters. The van der Waals surface area contributed by atoms with Crippen molar-refractivity contribution in [3.63, 3.8) is 0 Å². The van der Waals surface area contributed by atoms with E-state index < -0.39 is 5.97 Å². The fourth-order valence-electron chi connectivity index (χ4n) is 2.51. The lowest BCUT2D eigenvalue weighted by atomic mass is 10.0. The molecule has 2 fully saturated rings. The van der Waals surface area contributed by atoms with Crippen LogP contribution in [0.1, 0.15) is 38.5 Å². The van der Waals surface area contributed by atoms with E-state index in [4.69, 9.17) is 9.84 Å². The highest BCUT2D eigenvalue weighted by Gasteiger charge is 2.33. The lowest BCUT2D eigenvalue weighted by Crippen LogP contribution is -2.31. The number of carbonyl (C=O) groups excluding carboxylic acids is 1. The third kappa shape index (κ3) is 4.82. The van der Waals surface area contributed by atoms with E-state index in [2.05, 4.69) is 5.32 Å². The molecule has 0 aliphatic heterocycles. The molecule has 5 heteroatoms. The Morgan fingerprint density at radius 2 is 1.89 bits per heavy atom. The molecule has 1 amide bonds. The molecular weight excluding hydrogens is 246 g/mol. The molecule has 0 aromatic rings. The SMILES string of the molecule is O=C(O)C1CCC(C(=O)NCCCOCC2CC2)C1. The molecule has 0 radical (unpaired) electrons. The Morgan fingerprint density at radius 3 is 2.53 bits per heavy atom. The topological polar surface area (TPSA) is 75.6 Å². The van der Waals surface area contributed by atoms with Crippen molar-refractivity contribution < 1.29 is 19.4 Å². The summed E-state index contributed by atoms with van der Waals surface area (Å²) in [6, 6.07) is 0. The maximum atomic E-state index is 11.8. The molecular formula is C14H23NO4. The quantitative estimate of drug-likeness (QED) is 0.653. The van der Waals surface area contributed by atoms with Crippen molar-refractivity contribution in [3.05, 3.63) is 0 Å². The first-order valence-electron chi connectivity index (χ1n) is 7.25. The maximum Gasteiger partial charge on any atom is 0.306 e. The van der Waals surface area contributed by atoms with Crippen LogP contribution >= 0.6 is 0 Å². The van der Waals surface area contributed by atoms with Gasteiger partial charge in [-0.25, -0.2) is 0 Å². The van der Waals surface area contributed by atoms with Crippen LogP contribution in [-0.2, 0) is 14.3 Å². The average molecular weight is 269 g/mol. The van der Waals surface area contributed by atoms with Crippen LogP contribution in [0.3, 0.4) is 0 Å². The Morgan fingerprint density at radius 1 is 1.16 bits per heavy atom. The highest BCUT2D eigenvalue weighted by Crippen LogP contribution is 2.31. The number of hydrogen-bond donors (Lipinski definition) is 2. The zero-order valence-electron chi connectivity index (χ0n) is 11.3. The van der Waals surface area contributed by atoms with Crippen molar-refractivity contribution in [2.45, 2.75) is 38.5 Å². The zero-order valence-corrected chi connectivity index (χ0v) is 11.3. The van der Waals surface area contributed by atoms with Gasteiger partial charge in [0.05, 0.1) is 5.92 Å². The van der Waals surface area contributed by atoms with Crippen molar-refractivity contribution in [3.8, 4) is 0 Å². The minimum atomic E-state index is -0.774. The van der Waals surface area contributed by atoms with E-state index in [0.717, 1.165) is 18.9 Å². The summed E-state index contributed by atoms with van der Waals surface area (Å²) in [7, 11) is 0. The fraction of sp³-hybridized carbons (Fsp3) is 0.857. The molecule has 0 saturated heterocycles. The first-order chi connectivity index (χ1) is 9.16. The summed E-state index contributed by atoms with van der Waals surface area (Å²) >= 11 is 0. The van der Waals surface area contributed by atoms with Gasteiger partial charge >= 0.3 is 5.97 Å². The number of rotatable bonds is 8. The monoisotopic (exact) mass is 269 g/mol. The van der Waals surface area contributed by atoms with Crippen LogP contribution in [-0.4, -0.2) is 36.7 Å². The average Bonchev–Trinajstić information content (AvgIpc) is 3.06. The van der Waals surface area contributed by atoms with E-state index in [1.807, 2.05) is 0 Å². The van der Waals surface area contributed by atoms with Gasteiger partial charge in [-0.1, -0.05) is 0 Å². The summed E-state index contributed by atoms with van der Waals surface area (Å²) < 4.78 is 5.48. The molecule has 19 heavy (non-hydrogen) atoms. The predicted octanol–water partition coefficient (Wildman–Crippen LogP) is 1.42. The summed E-state index contributed by atoms with van der Waals surface area (Å²) in [5, 5.41) is 11.8. The number of carboxylic acids is 1. The molecule has 2 aliphatic rings. The van der Waals surface area contributed by atoms with Crippen LogP contribution in [0.15, 0.2) is 0 Å². The third-order valence-electron chi connectivity index (χ3n) is 3.97. The second kappa shape index (κ2) is 6.89. The van der Waals surface area contributed by atoms with Crippen LogP contribution in [0.4, 0.5) is 0 Å². The minimum absolute atomic E-state index is 0.00550. The smallest absolute Gasteiger partial charge is 0.306 e. The number of amides is 1. The number of carbonyl (C=O) groups is 2. The van der Waals surface area contributed by atoms with E-state index in [-0.39, 0.29) is 17.7 Å². The van der Waals surface area contributed by atoms with Crippen molar-refractivity contribution in [2.24, 2.45) is 17.8 Å². The Balaban J connectivity index is 1.50. The maximum absolute atomic E-state index is 11.8. The van der Waals surface area contributed by atoms with E-state index in [0.29, 0.717) is 32.4 Å². The van der Waals surface area contributed by atoms with Gasteiger partial charge in [-0.2, -0.15) is 0 Å². The van der Waals surface area contributed by atoms with Crippen molar-refractivity contribution in [2.75, 3.05) is 19.8 Å². The number of carboxylic acid groups (broad SMARTS) is 1. The van der Waals surface area contributed by atoms with Crippen molar-refractivity contribution >= 4 is 11.9 Å². The van der Waals surface area contributed by atoms with E-state index in [1.54, 1.807) is 0 Å². The highest BCUT2D eigenvalue weighted by molar-refractivity contribution is 5.80. The fourth-order valence-corrected chi connectivity index (χ4v) is 2.51. The summed E-state index contributed by atoms with van der Waals surface area (Å²) in [5.74, 6) is -0.443. The number of aliphatic carboxylic acids is 1. The number of hydrogen-bond acceptors (Lipinski definition) is 3. The summed E-state index contributed by atoms with van der Waals surface area (Å²) in [5.41, 5.74) is 0. The zero-order chi connectivity index (χ0) is 13.7. The summed E-state index contributed by atoms with van der Waals surface area (Å²) in [4.78, 5) is 22.6. The standard InChI is InChI=1S/C14H23NO4/c16-13(11-4-5-12(8-11)14(17)18)15-6-1-7-19-9-10-2-3-10/h10-12H,1-9H2,(H,15,16)(H,17,18). The van der Waals surface area contributed by atoms with Crippen LogP contribution in [0.5, 0.6) is 0 Å². The van der Waals surface area contributed by atoms with Gasteiger partial charge in [-0.05, 0) is 44.4 Å².